The van der Waals surface area contributed by atoms with Gasteiger partial charge in [0.05, 0.1) is 19.1 Å². The van der Waals surface area contributed by atoms with Crippen LogP contribution in [0.3, 0.4) is 0 Å². The number of nitrogens with zero attached hydrogens (tertiary/aromatic N) is 4. The largest absolute Gasteiger partial charge is 0.497 e. The number of ether oxygens (including phenoxy) is 1. The lowest BCUT2D eigenvalue weighted by Gasteiger charge is -2.11. The summed E-state index contributed by atoms with van der Waals surface area (Å²) in [5, 5.41) is 19.3. The number of hydrogen-bond acceptors (Lipinski definition) is 8. The maximum atomic E-state index is 12.2. The predicted molar refractivity (Wildman–Crippen MR) is 112 cm³/mol. The van der Waals surface area contributed by atoms with Gasteiger partial charge in [-0.1, -0.05) is 35.2 Å². The maximum absolute atomic E-state index is 12.2. The van der Waals surface area contributed by atoms with Gasteiger partial charge in [-0.3, -0.25) is 4.79 Å². The van der Waals surface area contributed by atoms with E-state index in [1.807, 2.05) is 38.1 Å². The van der Waals surface area contributed by atoms with Crippen molar-refractivity contribution < 1.29 is 9.53 Å². The van der Waals surface area contributed by atoms with Crippen molar-refractivity contribution in [2.75, 3.05) is 23.5 Å². The Morgan fingerprint density at radius 3 is 2.75 bits per heavy atom. The first-order valence-corrected chi connectivity index (χ1v) is 10.5. The highest BCUT2D eigenvalue weighted by molar-refractivity contribution is 8.01. The third-order valence-electron chi connectivity index (χ3n) is 3.76. The minimum atomic E-state index is -0.102. The average molecular weight is 419 g/mol. The maximum Gasteiger partial charge on any atom is 0.235 e. The quantitative estimate of drug-likeness (QED) is 0.512. The van der Waals surface area contributed by atoms with Gasteiger partial charge < -0.3 is 15.4 Å². The van der Waals surface area contributed by atoms with E-state index in [4.69, 9.17) is 4.74 Å². The van der Waals surface area contributed by atoms with Crippen LogP contribution in [-0.4, -0.2) is 38.7 Å². The first kappa shape index (κ1) is 20.2. The second-order valence-corrected chi connectivity index (χ2v) is 8.37. The number of aromatic nitrogens is 4. The van der Waals surface area contributed by atoms with Crippen LogP contribution in [-0.2, 0) is 11.3 Å². The zero-order chi connectivity index (χ0) is 19.9. The SMILES string of the molecule is COc1ccc(CNc2nnc(SCC(=O)Nc3ccnn3C(C)C)s2)cc1. The number of amides is 1. The molecule has 0 saturated carbocycles. The van der Waals surface area contributed by atoms with Crippen LogP contribution in [0, 0.1) is 0 Å². The van der Waals surface area contributed by atoms with E-state index in [1.165, 1.54) is 23.1 Å². The standard InChI is InChI=1S/C18H22N6O2S2/c1-12(2)24-15(8-9-20-24)21-16(25)11-27-18-23-22-17(28-18)19-10-13-4-6-14(26-3)7-5-13/h4-9,12H,10-11H2,1-3H3,(H,19,22)(H,21,25). The molecule has 2 N–H and O–H groups in total. The Bertz CT molecular complexity index is 907. The van der Waals surface area contributed by atoms with Gasteiger partial charge in [0.2, 0.25) is 11.0 Å². The van der Waals surface area contributed by atoms with E-state index in [9.17, 15) is 4.79 Å². The smallest absolute Gasteiger partial charge is 0.235 e. The van der Waals surface area contributed by atoms with Crippen molar-refractivity contribution in [1.29, 1.82) is 0 Å². The summed E-state index contributed by atoms with van der Waals surface area (Å²) >= 11 is 2.78. The van der Waals surface area contributed by atoms with Gasteiger partial charge in [-0.25, -0.2) is 4.68 Å². The molecule has 0 atom stereocenters. The minimum Gasteiger partial charge on any atom is -0.497 e. The molecule has 2 aromatic heterocycles. The molecule has 1 aromatic carbocycles. The number of methoxy groups -OCH3 is 1. The Balaban J connectivity index is 1.46. The second-order valence-electron chi connectivity index (χ2n) is 6.17. The third-order valence-corrected chi connectivity index (χ3v) is 5.78. The van der Waals surface area contributed by atoms with Gasteiger partial charge in [-0.05, 0) is 31.5 Å². The van der Waals surface area contributed by atoms with Crippen LogP contribution in [0.25, 0.3) is 0 Å². The van der Waals surface area contributed by atoms with Gasteiger partial charge in [-0.2, -0.15) is 5.10 Å². The van der Waals surface area contributed by atoms with Crippen LogP contribution in [0.2, 0.25) is 0 Å². The van der Waals surface area contributed by atoms with Gasteiger partial charge in [-0.15, -0.1) is 10.2 Å². The van der Waals surface area contributed by atoms with Crippen molar-refractivity contribution in [2.24, 2.45) is 0 Å². The number of hydrogen-bond donors (Lipinski definition) is 2. The molecule has 0 aliphatic carbocycles. The highest BCUT2D eigenvalue weighted by atomic mass is 32.2. The van der Waals surface area contributed by atoms with Gasteiger partial charge in [0.15, 0.2) is 4.34 Å². The summed E-state index contributed by atoms with van der Waals surface area (Å²) in [6.07, 6.45) is 1.67. The molecular formula is C18H22N6O2S2. The van der Waals surface area contributed by atoms with E-state index >= 15 is 0 Å². The van der Waals surface area contributed by atoms with Crippen LogP contribution in [0.5, 0.6) is 5.75 Å². The average Bonchev–Trinajstić information content (AvgIpc) is 3.34. The van der Waals surface area contributed by atoms with E-state index in [2.05, 4.69) is 25.9 Å². The molecule has 0 fully saturated rings. The summed E-state index contributed by atoms with van der Waals surface area (Å²) in [6, 6.07) is 9.79. The van der Waals surface area contributed by atoms with Gasteiger partial charge in [0, 0.05) is 18.7 Å². The molecule has 0 aliphatic heterocycles. The fraction of sp³-hybridized carbons (Fsp3) is 0.333. The first-order valence-electron chi connectivity index (χ1n) is 8.71. The zero-order valence-corrected chi connectivity index (χ0v) is 17.5. The van der Waals surface area contributed by atoms with Crippen LogP contribution in [0.1, 0.15) is 25.5 Å². The summed E-state index contributed by atoms with van der Waals surface area (Å²) in [5.74, 6) is 1.68. The topological polar surface area (TPSA) is 94.0 Å². The Hall–Kier alpha value is -2.59. The fourth-order valence-corrected chi connectivity index (χ4v) is 3.94. The molecule has 8 nitrogen and oxygen atoms in total. The fourth-order valence-electron chi connectivity index (χ4n) is 2.39. The molecular weight excluding hydrogens is 396 g/mol. The molecule has 0 unspecified atom stereocenters. The molecule has 10 heteroatoms. The lowest BCUT2D eigenvalue weighted by Crippen LogP contribution is -2.18. The van der Waals surface area contributed by atoms with E-state index in [1.54, 1.807) is 24.1 Å². The number of carbonyl (C=O) groups is 1. The number of carbonyl (C=O) groups excluding carboxylic acids is 1. The van der Waals surface area contributed by atoms with Crippen molar-refractivity contribution in [2.45, 2.75) is 30.8 Å². The van der Waals surface area contributed by atoms with Crippen molar-refractivity contribution in [3.63, 3.8) is 0 Å². The molecule has 0 bridgehead atoms. The van der Waals surface area contributed by atoms with Crippen LogP contribution in [0.15, 0.2) is 40.9 Å². The molecule has 0 radical (unpaired) electrons. The molecule has 1 amide bonds. The van der Waals surface area contributed by atoms with Crippen molar-refractivity contribution in [1.82, 2.24) is 20.0 Å². The number of anilines is 2. The van der Waals surface area contributed by atoms with E-state index in [0.29, 0.717) is 12.4 Å². The number of rotatable bonds is 9. The van der Waals surface area contributed by atoms with Crippen LogP contribution in [0.4, 0.5) is 10.9 Å². The number of benzene rings is 1. The molecule has 3 rings (SSSR count). The minimum absolute atomic E-state index is 0.102. The van der Waals surface area contributed by atoms with E-state index < -0.39 is 0 Å². The molecule has 0 spiro atoms. The lowest BCUT2D eigenvalue weighted by molar-refractivity contribution is -0.113. The summed E-state index contributed by atoms with van der Waals surface area (Å²) in [7, 11) is 1.65. The van der Waals surface area contributed by atoms with Crippen LogP contribution >= 0.6 is 23.1 Å². The molecule has 3 aromatic rings. The van der Waals surface area contributed by atoms with Crippen molar-refractivity contribution in [3.8, 4) is 5.75 Å². The molecule has 148 valence electrons. The Kier molecular flexibility index (Phi) is 6.88. The molecule has 0 aliphatic rings. The van der Waals surface area contributed by atoms with Crippen molar-refractivity contribution in [3.05, 3.63) is 42.1 Å². The van der Waals surface area contributed by atoms with Crippen molar-refractivity contribution >= 4 is 40.0 Å². The molecule has 2 heterocycles. The number of nitrogens with one attached hydrogen (secondary N) is 2. The Labute approximate surface area is 171 Å². The molecule has 28 heavy (non-hydrogen) atoms. The summed E-state index contributed by atoms with van der Waals surface area (Å²) in [5.41, 5.74) is 1.12. The summed E-state index contributed by atoms with van der Waals surface area (Å²) < 4.78 is 7.66. The zero-order valence-electron chi connectivity index (χ0n) is 15.9. The predicted octanol–water partition coefficient (Wildman–Crippen LogP) is 3.67. The summed E-state index contributed by atoms with van der Waals surface area (Å²) in [6.45, 7) is 4.67. The third kappa shape index (κ3) is 5.46. The monoisotopic (exact) mass is 418 g/mol. The highest BCUT2D eigenvalue weighted by Crippen LogP contribution is 2.26. The first-order chi connectivity index (χ1) is 13.5. The number of thioether (sulfide) groups is 1. The van der Waals surface area contributed by atoms with Gasteiger partial charge >= 0.3 is 0 Å². The Morgan fingerprint density at radius 2 is 2.04 bits per heavy atom. The lowest BCUT2D eigenvalue weighted by atomic mass is 10.2. The normalized spacial score (nSPS) is 10.9. The van der Waals surface area contributed by atoms with E-state index in [-0.39, 0.29) is 17.7 Å². The van der Waals surface area contributed by atoms with Gasteiger partial charge in [0.1, 0.15) is 11.6 Å². The Morgan fingerprint density at radius 1 is 1.25 bits per heavy atom. The molecule has 0 saturated heterocycles. The van der Waals surface area contributed by atoms with Gasteiger partial charge in [0.25, 0.3) is 0 Å². The van der Waals surface area contributed by atoms with Crippen LogP contribution < -0.4 is 15.4 Å². The highest BCUT2D eigenvalue weighted by Gasteiger charge is 2.12. The second kappa shape index (κ2) is 9.56. The summed E-state index contributed by atoms with van der Waals surface area (Å²) in [4.78, 5) is 12.2. The van der Waals surface area contributed by atoms with E-state index in [0.717, 1.165) is 20.8 Å².